The summed E-state index contributed by atoms with van der Waals surface area (Å²) in [6.07, 6.45) is 8.77. The Morgan fingerprint density at radius 2 is 1.80 bits per heavy atom. The molecule has 1 unspecified atom stereocenters. The molecule has 0 aliphatic heterocycles. The van der Waals surface area contributed by atoms with Gasteiger partial charge in [0.2, 0.25) is 0 Å². The van der Waals surface area contributed by atoms with Crippen LogP contribution in [0.5, 0.6) is 0 Å². The van der Waals surface area contributed by atoms with E-state index in [2.05, 4.69) is 55.5 Å². The normalized spacial score (nSPS) is 17.2. The van der Waals surface area contributed by atoms with Crippen LogP contribution in [0, 0.1) is 0 Å². The molecule has 0 amide bonds. The average Bonchev–Trinajstić information content (AvgIpc) is 2.81. The van der Waals surface area contributed by atoms with Gasteiger partial charge in [-0.3, -0.25) is 0 Å². The number of allylic oxidation sites excluding steroid dienone is 4. The highest BCUT2D eigenvalue weighted by atomic mass is 16.5. The molecule has 0 saturated heterocycles. The fourth-order valence-corrected chi connectivity index (χ4v) is 1.95. The maximum Gasteiger partial charge on any atom is 0.0796 e. The van der Waals surface area contributed by atoms with Crippen molar-refractivity contribution in [2.24, 2.45) is 0 Å². The zero-order valence-electron chi connectivity index (χ0n) is 9.18. The Labute approximate surface area is 91.1 Å². The van der Waals surface area contributed by atoms with Crippen LogP contribution in [0.25, 0.3) is 0 Å². The van der Waals surface area contributed by atoms with Gasteiger partial charge in [0.25, 0.3) is 0 Å². The van der Waals surface area contributed by atoms with Crippen molar-refractivity contribution in [2.75, 3.05) is 7.11 Å². The van der Waals surface area contributed by atoms with Crippen LogP contribution in [-0.4, -0.2) is 7.11 Å². The topological polar surface area (TPSA) is 9.23 Å². The van der Waals surface area contributed by atoms with Crippen LogP contribution in [0.3, 0.4) is 0 Å². The first-order valence-corrected chi connectivity index (χ1v) is 5.29. The number of hydrogen-bond donors (Lipinski definition) is 0. The summed E-state index contributed by atoms with van der Waals surface area (Å²) in [6.45, 7) is 2.08. The molecule has 2 rings (SSSR count). The summed E-state index contributed by atoms with van der Waals surface area (Å²) in [7, 11) is 1.75. The molecule has 1 aliphatic rings. The third kappa shape index (κ3) is 2.02. The zero-order valence-corrected chi connectivity index (χ0v) is 9.18. The fraction of sp³-hybridized carbons (Fsp3) is 0.286. The van der Waals surface area contributed by atoms with Gasteiger partial charge in [-0.2, -0.15) is 0 Å². The first-order chi connectivity index (χ1) is 7.33. The SMILES string of the molecule is COC(C)c1ccccc1C1C=CC=C1. The standard InChI is InChI=1S/C14H16O/c1-11(15-2)13-9-5-6-10-14(13)12-7-3-4-8-12/h3-12H,1-2H3. The second-order valence-electron chi connectivity index (χ2n) is 3.80. The minimum atomic E-state index is 0.156. The van der Waals surface area contributed by atoms with E-state index in [0.717, 1.165) is 0 Å². The lowest BCUT2D eigenvalue weighted by Gasteiger charge is -2.17. The lowest BCUT2D eigenvalue weighted by molar-refractivity contribution is 0.119. The Kier molecular flexibility index (Phi) is 3.02. The Morgan fingerprint density at radius 3 is 2.47 bits per heavy atom. The Bertz CT molecular complexity index is 378. The number of benzene rings is 1. The lowest BCUT2D eigenvalue weighted by Crippen LogP contribution is -2.02. The number of hydrogen-bond acceptors (Lipinski definition) is 1. The van der Waals surface area contributed by atoms with Crippen LogP contribution >= 0.6 is 0 Å². The largest absolute Gasteiger partial charge is 0.377 e. The molecule has 0 bridgehead atoms. The van der Waals surface area contributed by atoms with Gasteiger partial charge in [-0.15, -0.1) is 0 Å². The molecule has 0 heterocycles. The quantitative estimate of drug-likeness (QED) is 0.724. The predicted molar refractivity (Wildman–Crippen MR) is 62.9 cm³/mol. The number of ether oxygens (including phenoxy) is 1. The van der Waals surface area contributed by atoms with Crippen LogP contribution in [0.15, 0.2) is 48.6 Å². The maximum atomic E-state index is 5.39. The van der Waals surface area contributed by atoms with Crippen molar-refractivity contribution in [1.29, 1.82) is 0 Å². The van der Waals surface area contributed by atoms with Gasteiger partial charge in [0, 0.05) is 13.0 Å². The van der Waals surface area contributed by atoms with Crippen LogP contribution in [0.4, 0.5) is 0 Å². The summed E-state index contributed by atoms with van der Waals surface area (Å²) in [4.78, 5) is 0. The molecule has 1 atom stereocenters. The molecule has 0 fully saturated rings. The third-order valence-electron chi connectivity index (χ3n) is 2.89. The van der Waals surface area contributed by atoms with E-state index in [-0.39, 0.29) is 6.10 Å². The highest BCUT2D eigenvalue weighted by Crippen LogP contribution is 2.30. The molecule has 15 heavy (non-hydrogen) atoms. The summed E-state index contributed by atoms with van der Waals surface area (Å²) in [5.41, 5.74) is 2.62. The van der Waals surface area contributed by atoms with Crippen LogP contribution < -0.4 is 0 Å². The molecule has 1 heteroatoms. The summed E-state index contributed by atoms with van der Waals surface area (Å²) in [5, 5.41) is 0. The van der Waals surface area contributed by atoms with Crippen LogP contribution in [0.1, 0.15) is 30.1 Å². The fourth-order valence-electron chi connectivity index (χ4n) is 1.95. The van der Waals surface area contributed by atoms with E-state index in [1.165, 1.54) is 11.1 Å². The van der Waals surface area contributed by atoms with Gasteiger partial charge < -0.3 is 4.74 Å². The van der Waals surface area contributed by atoms with Gasteiger partial charge in [0.05, 0.1) is 6.10 Å². The lowest BCUT2D eigenvalue weighted by atomic mass is 9.93. The van der Waals surface area contributed by atoms with Gasteiger partial charge in [-0.05, 0) is 18.1 Å². The predicted octanol–water partition coefficient (Wildman–Crippen LogP) is 3.60. The van der Waals surface area contributed by atoms with E-state index in [9.17, 15) is 0 Å². The van der Waals surface area contributed by atoms with Crippen molar-refractivity contribution >= 4 is 0 Å². The number of methoxy groups -OCH3 is 1. The Balaban J connectivity index is 2.37. The minimum Gasteiger partial charge on any atom is -0.377 e. The molecular weight excluding hydrogens is 184 g/mol. The molecule has 1 aliphatic carbocycles. The molecule has 0 N–H and O–H groups in total. The average molecular weight is 200 g/mol. The number of rotatable bonds is 3. The van der Waals surface area contributed by atoms with Gasteiger partial charge >= 0.3 is 0 Å². The van der Waals surface area contributed by atoms with Crippen LogP contribution in [0.2, 0.25) is 0 Å². The Morgan fingerprint density at radius 1 is 1.13 bits per heavy atom. The zero-order chi connectivity index (χ0) is 10.7. The summed E-state index contributed by atoms with van der Waals surface area (Å²) in [6, 6.07) is 8.47. The molecule has 1 nitrogen and oxygen atoms in total. The highest BCUT2D eigenvalue weighted by molar-refractivity contribution is 5.40. The smallest absolute Gasteiger partial charge is 0.0796 e. The maximum absolute atomic E-state index is 5.39. The highest BCUT2D eigenvalue weighted by Gasteiger charge is 2.14. The van der Waals surface area contributed by atoms with E-state index < -0.39 is 0 Å². The van der Waals surface area contributed by atoms with Crippen molar-refractivity contribution in [3.63, 3.8) is 0 Å². The van der Waals surface area contributed by atoms with Crippen molar-refractivity contribution in [2.45, 2.75) is 18.9 Å². The second kappa shape index (κ2) is 4.45. The molecular formula is C14H16O. The summed E-state index contributed by atoms with van der Waals surface area (Å²) < 4.78 is 5.39. The van der Waals surface area contributed by atoms with Gasteiger partial charge in [-0.25, -0.2) is 0 Å². The van der Waals surface area contributed by atoms with E-state index >= 15 is 0 Å². The molecule has 0 saturated carbocycles. The molecule has 78 valence electrons. The van der Waals surface area contributed by atoms with Crippen LogP contribution in [-0.2, 0) is 4.74 Å². The first kappa shape index (κ1) is 10.2. The van der Waals surface area contributed by atoms with E-state index in [4.69, 9.17) is 4.74 Å². The summed E-state index contributed by atoms with van der Waals surface area (Å²) in [5.74, 6) is 0.416. The minimum absolute atomic E-state index is 0.156. The van der Waals surface area contributed by atoms with Gasteiger partial charge in [-0.1, -0.05) is 48.6 Å². The molecule has 0 radical (unpaired) electrons. The van der Waals surface area contributed by atoms with E-state index in [1.54, 1.807) is 7.11 Å². The van der Waals surface area contributed by atoms with Crippen molar-refractivity contribution in [3.8, 4) is 0 Å². The summed E-state index contributed by atoms with van der Waals surface area (Å²) >= 11 is 0. The molecule has 1 aromatic carbocycles. The molecule has 0 aromatic heterocycles. The van der Waals surface area contributed by atoms with Crippen molar-refractivity contribution < 1.29 is 4.74 Å². The first-order valence-electron chi connectivity index (χ1n) is 5.29. The van der Waals surface area contributed by atoms with Gasteiger partial charge in [0.15, 0.2) is 0 Å². The van der Waals surface area contributed by atoms with Gasteiger partial charge in [0.1, 0.15) is 0 Å². The van der Waals surface area contributed by atoms with E-state index in [0.29, 0.717) is 5.92 Å². The third-order valence-corrected chi connectivity index (χ3v) is 2.89. The molecule has 1 aromatic rings. The monoisotopic (exact) mass is 200 g/mol. The Hall–Kier alpha value is -1.34. The molecule has 0 spiro atoms. The second-order valence-corrected chi connectivity index (χ2v) is 3.80. The van der Waals surface area contributed by atoms with Crippen molar-refractivity contribution in [3.05, 3.63) is 59.7 Å². The van der Waals surface area contributed by atoms with Crippen molar-refractivity contribution in [1.82, 2.24) is 0 Å². The van der Waals surface area contributed by atoms with E-state index in [1.807, 2.05) is 0 Å².